The zero-order valence-electron chi connectivity index (χ0n) is 10.3. The summed E-state index contributed by atoms with van der Waals surface area (Å²) in [4.78, 5) is 4.25. The van der Waals surface area contributed by atoms with Crippen LogP contribution in [0.5, 0.6) is 0 Å². The van der Waals surface area contributed by atoms with E-state index in [0.29, 0.717) is 11.6 Å². The molecule has 0 saturated heterocycles. The van der Waals surface area contributed by atoms with Gasteiger partial charge in [-0.3, -0.25) is 0 Å². The highest BCUT2D eigenvalue weighted by Crippen LogP contribution is 2.21. The third-order valence-corrected chi connectivity index (χ3v) is 3.61. The molecule has 1 aromatic heterocycles. The average Bonchev–Trinajstić information content (AvgIpc) is 2.46. The molecule has 19 heavy (non-hydrogen) atoms. The maximum absolute atomic E-state index is 5.79. The Morgan fingerprint density at radius 3 is 2.58 bits per heavy atom. The smallest absolute Gasteiger partial charge is 0.0964 e. The van der Waals surface area contributed by atoms with Gasteiger partial charge in [0.1, 0.15) is 0 Å². The molecule has 0 amide bonds. The van der Waals surface area contributed by atoms with E-state index in [4.69, 9.17) is 17.3 Å². The normalized spacial score (nSPS) is 9.79. The van der Waals surface area contributed by atoms with Crippen molar-refractivity contribution in [3.63, 3.8) is 0 Å². The summed E-state index contributed by atoms with van der Waals surface area (Å²) in [6, 6.07) is 11.9. The molecule has 0 aliphatic carbocycles. The van der Waals surface area contributed by atoms with E-state index in [2.05, 4.69) is 29.0 Å². The molecule has 0 aliphatic heterocycles. The largest absolute Gasteiger partial charge is 0.320 e. The van der Waals surface area contributed by atoms with E-state index < -0.39 is 0 Å². The fourth-order valence-electron chi connectivity index (χ4n) is 1.44. The molecule has 0 saturated carbocycles. The van der Waals surface area contributed by atoms with Gasteiger partial charge in [-0.15, -0.1) is 11.8 Å². The van der Waals surface area contributed by atoms with E-state index in [1.54, 1.807) is 18.0 Å². The van der Waals surface area contributed by atoms with Crippen LogP contribution in [0.15, 0.2) is 47.6 Å². The predicted octanol–water partition coefficient (Wildman–Crippen LogP) is 3.34. The van der Waals surface area contributed by atoms with Crippen molar-refractivity contribution >= 4 is 23.4 Å². The first-order valence-corrected chi connectivity index (χ1v) is 7.16. The van der Waals surface area contributed by atoms with Gasteiger partial charge in [0, 0.05) is 17.5 Å². The molecule has 0 atom stereocenters. The number of rotatable bonds is 3. The van der Waals surface area contributed by atoms with Gasteiger partial charge in [0.25, 0.3) is 0 Å². The Morgan fingerprint density at radius 2 is 1.95 bits per heavy atom. The molecule has 1 aromatic carbocycles. The summed E-state index contributed by atoms with van der Waals surface area (Å²) >= 11 is 7.47. The Kier molecular flexibility index (Phi) is 5.29. The number of nitrogens with two attached hydrogens (primary N) is 1. The Morgan fingerprint density at radius 1 is 1.16 bits per heavy atom. The molecule has 0 spiro atoms. The van der Waals surface area contributed by atoms with E-state index in [0.717, 1.165) is 16.3 Å². The van der Waals surface area contributed by atoms with Crippen LogP contribution in [0.2, 0.25) is 5.02 Å². The molecule has 2 rings (SSSR count). The summed E-state index contributed by atoms with van der Waals surface area (Å²) in [5.74, 6) is 6.71. The maximum atomic E-state index is 5.79. The fourth-order valence-corrected chi connectivity index (χ4v) is 2.35. The summed E-state index contributed by atoms with van der Waals surface area (Å²) in [5.41, 5.74) is 7.56. The summed E-state index contributed by atoms with van der Waals surface area (Å²) in [6.45, 7) is 0.389. The highest BCUT2D eigenvalue weighted by molar-refractivity contribution is 7.98. The zero-order valence-corrected chi connectivity index (χ0v) is 11.8. The average molecular weight is 289 g/mol. The second-order valence-electron chi connectivity index (χ2n) is 3.81. The highest BCUT2D eigenvalue weighted by atomic mass is 35.5. The second kappa shape index (κ2) is 7.20. The first-order valence-electron chi connectivity index (χ1n) is 5.80. The number of halogens is 1. The van der Waals surface area contributed by atoms with Crippen LogP contribution in [-0.2, 0) is 5.75 Å². The molecule has 0 unspecified atom stereocenters. The van der Waals surface area contributed by atoms with Crippen molar-refractivity contribution in [3.8, 4) is 11.8 Å². The van der Waals surface area contributed by atoms with Crippen LogP contribution in [0.4, 0.5) is 0 Å². The van der Waals surface area contributed by atoms with Crippen molar-refractivity contribution in [2.75, 3.05) is 6.54 Å². The molecule has 0 radical (unpaired) electrons. The molecule has 96 valence electrons. The van der Waals surface area contributed by atoms with Crippen molar-refractivity contribution in [1.82, 2.24) is 4.98 Å². The molecule has 2 aromatic rings. The number of aromatic nitrogens is 1. The van der Waals surface area contributed by atoms with Gasteiger partial charge < -0.3 is 5.73 Å². The Bertz CT molecular complexity index is 582. The first kappa shape index (κ1) is 14.0. The standard InChI is InChI=1S/C15H13ClN2S/c16-14-7-8-15(18-10-14)19-11-13-5-3-12(4-6-13)2-1-9-17/h3-8,10H,9,11,17H2. The van der Waals surface area contributed by atoms with Crippen molar-refractivity contribution in [1.29, 1.82) is 0 Å². The van der Waals surface area contributed by atoms with Crippen LogP contribution in [0.3, 0.4) is 0 Å². The van der Waals surface area contributed by atoms with Gasteiger partial charge in [0.15, 0.2) is 0 Å². The van der Waals surface area contributed by atoms with E-state index in [-0.39, 0.29) is 0 Å². The zero-order chi connectivity index (χ0) is 13.5. The number of hydrogen-bond acceptors (Lipinski definition) is 3. The minimum absolute atomic E-state index is 0.389. The van der Waals surface area contributed by atoms with Crippen LogP contribution in [0, 0.1) is 11.8 Å². The van der Waals surface area contributed by atoms with Crippen LogP contribution in [0.25, 0.3) is 0 Å². The third kappa shape index (κ3) is 4.60. The minimum Gasteiger partial charge on any atom is -0.320 e. The quantitative estimate of drug-likeness (QED) is 0.695. The summed E-state index contributed by atoms with van der Waals surface area (Å²) in [5, 5.41) is 1.63. The number of nitrogens with zero attached hydrogens (tertiary/aromatic N) is 1. The van der Waals surface area contributed by atoms with Gasteiger partial charge in [-0.2, -0.15) is 0 Å². The lowest BCUT2D eigenvalue weighted by atomic mass is 10.1. The number of pyridine rings is 1. The van der Waals surface area contributed by atoms with Crippen LogP contribution in [-0.4, -0.2) is 11.5 Å². The molecular formula is C15H13ClN2S. The topological polar surface area (TPSA) is 38.9 Å². The summed E-state index contributed by atoms with van der Waals surface area (Å²) in [7, 11) is 0. The lowest BCUT2D eigenvalue weighted by Crippen LogP contribution is -1.93. The molecule has 4 heteroatoms. The number of benzene rings is 1. The Hall–Kier alpha value is -1.47. The van der Waals surface area contributed by atoms with E-state index in [1.165, 1.54) is 5.56 Å². The molecule has 0 bridgehead atoms. The van der Waals surface area contributed by atoms with Gasteiger partial charge in [0.05, 0.1) is 16.6 Å². The van der Waals surface area contributed by atoms with Gasteiger partial charge in [-0.05, 0) is 29.8 Å². The van der Waals surface area contributed by atoms with Gasteiger partial charge in [-0.25, -0.2) is 4.98 Å². The minimum atomic E-state index is 0.389. The lowest BCUT2D eigenvalue weighted by Gasteiger charge is -2.01. The monoisotopic (exact) mass is 288 g/mol. The Balaban J connectivity index is 1.94. The first-order chi connectivity index (χ1) is 9.28. The van der Waals surface area contributed by atoms with Crippen LogP contribution in [0.1, 0.15) is 11.1 Å². The molecular weight excluding hydrogens is 276 g/mol. The van der Waals surface area contributed by atoms with E-state index in [1.807, 2.05) is 24.3 Å². The Labute approximate surface area is 122 Å². The second-order valence-corrected chi connectivity index (χ2v) is 5.24. The summed E-state index contributed by atoms with van der Waals surface area (Å²) < 4.78 is 0. The van der Waals surface area contributed by atoms with E-state index >= 15 is 0 Å². The van der Waals surface area contributed by atoms with E-state index in [9.17, 15) is 0 Å². The number of thioether (sulfide) groups is 1. The number of hydrogen-bond donors (Lipinski definition) is 1. The van der Waals surface area contributed by atoms with Gasteiger partial charge in [0.2, 0.25) is 0 Å². The summed E-state index contributed by atoms with van der Waals surface area (Å²) in [6.07, 6.45) is 1.66. The highest BCUT2D eigenvalue weighted by Gasteiger charge is 1.98. The molecule has 0 aliphatic rings. The maximum Gasteiger partial charge on any atom is 0.0964 e. The van der Waals surface area contributed by atoms with Crippen molar-refractivity contribution in [3.05, 3.63) is 58.7 Å². The molecule has 2 nitrogen and oxygen atoms in total. The van der Waals surface area contributed by atoms with Crippen molar-refractivity contribution in [2.24, 2.45) is 5.73 Å². The SMILES string of the molecule is NCC#Cc1ccc(CSc2ccc(Cl)cn2)cc1. The van der Waals surface area contributed by atoms with Gasteiger partial charge >= 0.3 is 0 Å². The predicted molar refractivity (Wildman–Crippen MR) is 81.2 cm³/mol. The van der Waals surface area contributed by atoms with Crippen LogP contribution >= 0.6 is 23.4 Å². The van der Waals surface area contributed by atoms with Crippen molar-refractivity contribution in [2.45, 2.75) is 10.8 Å². The molecule has 1 heterocycles. The lowest BCUT2D eigenvalue weighted by molar-refractivity contribution is 1.13. The molecule has 2 N–H and O–H groups in total. The molecule has 0 fully saturated rings. The third-order valence-electron chi connectivity index (χ3n) is 2.38. The van der Waals surface area contributed by atoms with Crippen molar-refractivity contribution < 1.29 is 0 Å². The van der Waals surface area contributed by atoms with Crippen LogP contribution < -0.4 is 5.73 Å². The fraction of sp³-hybridized carbons (Fsp3) is 0.133. The van der Waals surface area contributed by atoms with Gasteiger partial charge in [-0.1, -0.05) is 35.6 Å².